The van der Waals surface area contributed by atoms with Crippen LogP contribution >= 0.6 is 0 Å². The van der Waals surface area contributed by atoms with Crippen LogP contribution in [0.2, 0.25) is 0 Å². The number of hydrogen-bond acceptors (Lipinski definition) is 1. The molecule has 1 rings (SSSR count). The lowest BCUT2D eigenvalue weighted by molar-refractivity contribution is 0.225. The molecule has 0 aliphatic heterocycles. The minimum absolute atomic E-state index is 0.625. The predicted molar refractivity (Wildman–Crippen MR) is 82.0 cm³/mol. The summed E-state index contributed by atoms with van der Waals surface area (Å²) in [7, 11) is 0. The SMILES string of the molecule is CCCCC(CC)CC1(C)CCC(NCCC)C1. The molecule has 0 amide bonds. The van der Waals surface area contributed by atoms with Gasteiger partial charge in [0.2, 0.25) is 0 Å². The van der Waals surface area contributed by atoms with Gasteiger partial charge in [-0.15, -0.1) is 0 Å². The lowest BCUT2D eigenvalue weighted by Crippen LogP contribution is -2.29. The quantitative estimate of drug-likeness (QED) is 0.599. The summed E-state index contributed by atoms with van der Waals surface area (Å²) in [6.07, 6.45) is 12.6. The zero-order valence-corrected chi connectivity index (χ0v) is 13.2. The molecule has 3 unspecified atom stereocenters. The molecule has 1 fully saturated rings. The Morgan fingerprint density at radius 3 is 2.61 bits per heavy atom. The average Bonchev–Trinajstić information content (AvgIpc) is 2.74. The van der Waals surface area contributed by atoms with E-state index in [0.717, 1.165) is 12.0 Å². The van der Waals surface area contributed by atoms with Gasteiger partial charge >= 0.3 is 0 Å². The van der Waals surface area contributed by atoms with E-state index in [1.54, 1.807) is 0 Å². The highest BCUT2D eigenvalue weighted by atomic mass is 14.9. The number of hydrogen-bond donors (Lipinski definition) is 1. The molecule has 1 N–H and O–H groups in total. The van der Waals surface area contributed by atoms with Crippen molar-refractivity contribution >= 4 is 0 Å². The maximum absolute atomic E-state index is 3.72. The minimum Gasteiger partial charge on any atom is -0.314 e. The summed E-state index contributed by atoms with van der Waals surface area (Å²) in [5.74, 6) is 0.972. The van der Waals surface area contributed by atoms with Crippen LogP contribution in [0.3, 0.4) is 0 Å². The molecule has 0 bridgehead atoms. The fourth-order valence-electron chi connectivity index (χ4n) is 3.67. The van der Waals surface area contributed by atoms with Crippen molar-refractivity contribution in [3.8, 4) is 0 Å². The maximum atomic E-state index is 3.72. The van der Waals surface area contributed by atoms with Gasteiger partial charge in [0.05, 0.1) is 0 Å². The van der Waals surface area contributed by atoms with E-state index >= 15 is 0 Å². The van der Waals surface area contributed by atoms with Gasteiger partial charge in [0.15, 0.2) is 0 Å². The van der Waals surface area contributed by atoms with Crippen molar-refractivity contribution < 1.29 is 0 Å². The summed E-state index contributed by atoms with van der Waals surface area (Å²) < 4.78 is 0. The zero-order valence-electron chi connectivity index (χ0n) is 13.2. The molecule has 18 heavy (non-hydrogen) atoms. The van der Waals surface area contributed by atoms with Crippen molar-refractivity contribution in [2.45, 2.75) is 91.5 Å². The van der Waals surface area contributed by atoms with Gasteiger partial charge in [0.1, 0.15) is 0 Å². The molecule has 1 nitrogen and oxygen atoms in total. The summed E-state index contributed by atoms with van der Waals surface area (Å²) in [5.41, 5.74) is 0.625. The van der Waals surface area contributed by atoms with Crippen LogP contribution < -0.4 is 5.32 Å². The van der Waals surface area contributed by atoms with Gasteiger partial charge < -0.3 is 5.32 Å². The van der Waals surface area contributed by atoms with Gasteiger partial charge in [-0.1, -0.05) is 53.4 Å². The van der Waals surface area contributed by atoms with Gasteiger partial charge in [-0.2, -0.15) is 0 Å². The first-order valence-corrected chi connectivity index (χ1v) is 8.37. The number of rotatable bonds is 9. The third kappa shape index (κ3) is 5.30. The maximum Gasteiger partial charge on any atom is 0.00724 e. The fraction of sp³-hybridized carbons (Fsp3) is 1.00. The summed E-state index contributed by atoms with van der Waals surface area (Å²) in [4.78, 5) is 0. The Balaban J connectivity index is 2.35. The second-order valence-corrected chi connectivity index (χ2v) is 6.83. The molecular formula is C17H35N. The Kier molecular flexibility index (Phi) is 7.29. The molecule has 1 aliphatic rings. The number of nitrogens with one attached hydrogen (secondary N) is 1. The van der Waals surface area contributed by atoms with Crippen LogP contribution in [0.5, 0.6) is 0 Å². The Morgan fingerprint density at radius 2 is 2.00 bits per heavy atom. The minimum atomic E-state index is 0.625. The summed E-state index contributed by atoms with van der Waals surface area (Å²) in [6, 6.07) is 0.804. The molecule has 0 heterocycles. The molecule has 0 aromatic carbocycles. The van der Waals surface area contributed by atoms with Crippen molar-refractivity contribution in [3.05, 3.63) is 0 Å². The largest absolute Gasteiger partial charge is 0.314 e. The lowest BCUT2D eigenvalue weighted by atomic mass is 9.77. The molecule has 0 saturated heterocycles. The highest BCUT2D eigenvalue weighted by Gasteiger charge is 2.35. The van der Waals surface area contributed by atoms with Crippen LogP contribution in [0.4, 0.5) is 0 Å². The first-order chi connectivity index (χ1) is 8.63. The topological polar surface area (TPSA) is 12.0 Å². The molecule has 1 saturated carbocycles. The van der Waals surface area contributed by atoms with Crippen molar-refractivity contribution in [2.75, 3.05) is 6.54 Å². The van der Waals surface area contributed by atoms with Crippen LogP contribution in [0.1, 0.15) is 85.5 Å². The second kappa shape index (κ2) is 8.19. The Hall–Kier alpha value is -0.0400. The van der Waals surface area contributed by atoms with E-state index in [-0.39, 0.29) is 0 Å². The molecule has 1 aliphatic carbocycles. The third-order valence-corrected chi connectivity index (χ3v) is 4.84. The smallest absolute Gasteiger partial charge is 0.00724 e. The molecule has 0 radical (unpaired) electrons. The van der Waals surface area contributed by atoms with Gasteiger partial charge in [0, 0.05) is 6.04 Å². The van der Waals surface area contributed by atoms with Crippen LogP contribution in [-0.4, -0.2) is 12.6 Å². The van der Waals surface area contributed by atoms with Crippen LogP contribution in [-0.2, 0) is 0 Å². The first kappa shape index (κ1) is 16.0. The number of unbranched alkanes of at least 4 members (excludes halogenated alkanes) is 1. The molecular weight excluding hydrogens is 218 g/mol. The van der Waals surface area contributed by atoms with E-state index in [9.17, 15) is 0 Å². The Labute approximate surface area is 115 Å². The molecule has 108 valence electrons. The summed E-state index contributed by atoms with van der Waals surface area (Å²) in [5, 5.41) is 3.72. The Bertz CT molecular complexity index is 214. The monoisotopic (exact) mass is 253 g/mol. The van der Waals surface area contributed by atoms with E-state index in [2.05, 4.69) is 33.0 Å². The van der Waals surface area contributed by atoms with Crippen molar-refractivity contribution in [2.24, 2.45) is 11.3 Å². The highest BCUT2D eigenvalue weighted by Crippen LogP contribution is 2.44. The molecule has 0 aromatic rings. The average molecular weight is 253 g/mol. The van der Waals surface area contributed by atoms with Crippen LogP contribution in [0.25, 0.3) is 0 Å². The van der Waals surface area contributed by atoms with Gasteiger partial charge in [-0.25, -0.2) is 0 Å². The molecule has 3 atom stereocenters. The van der Waals surface area contributed by atoms with E-state index in [0.29, 0.717) is 5.41 Å². The fourth-order valence-corrected chi connectivity index (χ4v) is 3.67. The van der Waals surface area contributed by atoms with E-state index in [1.165, 1.54) is 64.3 Å². The first-order valence-electron chi connectivity index (χ1n) is 8.37. The van der Waals surface area contributed by atoms with Crippen LogP contribution in [0.15, 0.2) is 0 Å². The molecule has 1 heteroatoms. The van der Waals surface area contributed by atoms with Crippen molar-refractivity contribution in [1.29, 1.82) is 0 Å². The van der Waals surface area contributed by atoms with Crippen molar-refractivity contribution in [1.82, 2.24) is 5.32 Å². The lowest BCUT2D eigenvalue weighted by Gasteiger charge is -2.29. The van der Waals surface area contributed by atoms with E-state index < -0.39 is 0 Å². The normalized spacial score (nSPS) is 29.7. The van der Waals surface area contributed by atoms with Gasteiger partial charge in [-0.3, -0.25) is 0 Å². The van der Waals surface area contributed by atoms with E-state index in [1.807, 2.05) is 0 Å². The standard InChI is InChI=1S/C17H35N/c1-5-8-9-15(7-3)13-17(4)11-10-16(14-17)18-12-6-2/h15-16,18H,5-14H2,1-4H3. The summed E-state index contributed by atoms with van der Waals surface area (Å²) >= 11 is 0. The molecule has 0 spiro atoms. The van der Waals surface area contributed by atoms with Crippen molar-refractivity contribution in [3.63, 3.8) is 0 Å². The van der Waals surface area contributed by atoms with Crippen LogP contribution in [0, 0.1) is 11.3 Å². The third-order valence-electron chi connectivity index (χ3n) is 4.84. The van der Waals surface area contributed by atoms with Gasteiger partial charge in [0.25, 0.3) is 0 Å². The Morgan fingerprint density at radius 1 is 1.22 bits per heavy atom. The summed E-state index contributed by atoms with van der Waals surface area (Å²) in [6.45, 7) is 10.7. The highest BCUT2D eigenvalue weighted by molar-refractivity contribution is 4.90. The second-order valence-electron chi connectivity index (χ2n) is 6.83. The zero-order chi connectivity index (χ0) is 13.4. The van der Waals surface area contributed by atoms with Gasteiger partial charge in [-0.05, 0) is 50.0 Å². The molecule has 0 aromatic heterocycles. The predicted octanol–water partition coefficient (Wildman–Crippen LogP) is 5.15. The van der Waals surface area contributed by atoms with E-state index in [4.69, 9.17) is 0 Å².